The van der Waals surface area contributed by atoms with Gasteiger partial charge in [0.2, 0.25) is 0 Å². The summed E-state index contributed by atoms with van der Waals surface area (Å²) in [6.07, 6.45) is 4.04. The van der Waals surface area contributed by atoms with Crippen LogP contribution in [-0.4, -0.2) is 28.3 Å². The van der Waals surface area contributed by atoms with Crippen LogP contribution in [-0.2, 0) is 0 Å². The van der Waals surface area contributed by atoms with Crippen LogP contribution in [0.4, 0.5) is 16.4 Å². The second-order valence-corrected chi connectivity index (χ2v) is 16.0. The highest BCUT2D eigenvalue weighted by molar-refractivity contribution is 7.17. The summed E-state index contributed by atoms with van der Waals surface area (Å²) in [5.41, 5.74) is 4.41. The van der Waals surface area contributed by atoms with E-state index in [4.69, 9.17) is 9.97 Å². The average Bonchev–Trinajstić information content (AvgIpc) is 3.59. The Balaban J connectivity index is 1.30. The molecule has 0 fully saturated rings. The first-order valence-corrected chi connectivity index (χ1v) is 16.5. The van der Waals surface area contributed by atoms with Crippen LogP contribution >= 0.6 is 22.7 Å². The SMILES string of the molecule is C[Si]1(C)c2ncccc2N(c2ccc(/C=C3\C(O)c4cc5ccsc5cc4C3O)s2)c2cccnc21. The smallest absolute Gasteiger partial charge is 0.164 e. The van der Waals surface area contributed by atoms with E-state index in [1.165, 1.54) is 0 Å². The van der Waals surface area contributed by atoms with Crippen molar-refractivity contribution >= 4 is 73.9 Å². The van der Waals surface area contributed by atoms with Gasteiger partial charge >= 0.3 is 0 Å². The van der Waals surface area contributed by atoms with Gasteiger partial charge in [-0.3, -0.25) is 14.9 Å². The molecule has 5 nitrogen and oxygen atoms in total. The van der Waals surface area contributed by atoms with E-state index in [-0.39, 0.29) is 0 Å². The molecule has 178 valence electrons. The second kappa shape index (κ2) is 7.93. The molecule has 36 heavy (non-hydrogen) atoms. The number of benzene rings is 1. The van der Waals surface area contributed by atoms with Gasteiger partial charge < -0.3 is 10.2 Å². The number of aliphatic hydroxyl groups excluding tert-OH is 2. The van der Waals surface area contributed by atoms with Crippen LogP contribution in [0.15, 0.2) is 77.9 Å². The van der Waals surface area contributed by atoms with Crippen molar-refractivity contribution in [2.75, 3.05) is 4.90 Å². The molecule has 2 N–H and O–H groups in total. The maximum atomic E-state index is 11.1. The van der Waals surface area contributed by atoms with Crippen molar-refractivity contribution in [2.24, 2.45) is 0 Å². The van der Waals surface area contributed by atoms with Gasteiger partial charge in [-0.1, -0.05) is 13.1 Å². The summed E-state index contributed by atoms with van der Waals surface area (Å²) >= 11 is 3.28. The van der Waals surface area contributed by atoms with Crippen LogP contribution in [0.1, 0.15) is 28.2 Å². The van der Waals surface area contributed by atoms with E-state index in [2.05, 4.69) is 48.3 Å². The molecule has 0 radical (unpaired) electrons. The molecule has 7 rings (SSSR count). The number of anilines is 3. The molecule has 0 spiro atoms. The third kappa shape index (κ3) is 3.12. The largest absolute Gasteiger partial charge is 0.384 e. The van der Waals surface area contributed by atoms with Gasteiger partial charge in [-0.05, 0) is 88.1 Å². The van der Waals surface area contributed by atoms with Gasteiger partial charge in [0, 0.05) is 22.0 Å². The molecule has 5 heterocycles. The molecule has 0 saturated heterocycles. The van der Waals surface area contributed by atoms with Crippen LogP contribution < -0.4 is 15.5 Å². The van der Waals surface area contributed by atoms with Gasteiger partial charge in [-0.15, -0.1) is 22.7 Å². The van der Waals surface area contributed by atoms with Crippen LogP contribution in [0, 0.1) is 0 Å². The Bertz CT molecular complexity index is 1590. The highest BCUT2D eigenvalue weighted by Gasteiger charge is 2.41. The Morgan fingerprint density at radius 3 is 2.25 bits per heavy atom. The van der Waals surface area contributed by atoms with Crippen molar-refractivity contribution in [3.63, 3.8) is 0 Å². The number of hydrogen-bond donors (Lipinski definition) is 2. The zero-order valence-corrected chi connectivity index (χ0v) is 22.3. The van der Waals surface area contributed by atoms with E-state index in [0.717, 1.165) is 53.1 Å². The van der Waals surface area contributed by atoms with Gasteiger partial charge in [-0.25, -0.2) is 0 Å². The van der Waals surface area contributed by atoms with E-state index in [1.807, 2.05) is 48.1 Å². The van der Waals surface area contributed by atoms with Gasteiger partial charge in [0.25, 0.3) is 0 Å². The van der Waals surface area contributed by atoms with Crippen LogP contribution in [0.2, 0.25) is 13.1 Å². The fourth-order valence-corrected chi connectivity index (χ4v) is 9.99. The molecular formula is C28H23N3O2S2Si. The lowest BCUT2D eigenvalue weighted by molar-refractivity contribution is 0.172. The van der Waals surface area contributed by atoms with Crippen molar-refractivity contribution in [3.05, 3.63) is 93.9 Å². The monoisotopic (exact) mass is 525 g/mol. The van der Waals surface area contributed by atoms with E-state index in [9.17, 15) is 10.2 Å². The van der Waals surface area contributed by atoms with E-state index < -0.39 is 20.3 Å². The predicted molar refractivity (Wildman–Crippen MR) is 151 cm³/mol. The fourth-order valence-electron chi connectivity index (χ4n) is 5.48. The zero-order chi connectivity index (χ0) is 24.6. The number of pyridine rings is 2. The maximum Gasteiger partial charge on any atom is 0.164 e. The Morgan fingerprint density at radius 2 is 1.56 bits per heavy atom. The third-order valence-electron chi connectivity index (χ3n) is 7.26. The standard InChI is InChI=1S/C28H23N3O2S2Si/c1-36(2)27-21(5-3-10-29-27)31(22-6-4-11-30-28(22)36)24-8-7-17(35-24)14-20-25(32)18-13-16-9-12-34-23(16)15-19(18)26(20)33/h3-15,25-26,32-33H,1-2H3/b20-14+. The topological polar surface area (TPSA) is 69.5 Å². The normalized spacial score (nSPS) is 21.0. The molecule has 2 unspecified atom stereocenters. The predicted octanol–water partition coefficient (Wildman–Crippen LogP) is 5.52. The Labute approximate surface area is 217 Å². The first-order valence-electron chi connectivity index (χ1n) is 11.8. The molecule has 1 aliphatic carbocycles. The van der Waals surface area contributed by atoms with Gasteiger partial charge in [0.15, 0.2) is 8.07 Å². The summed E-state index contributed by atoms with van der Waals surface area (Å²) < 4.78 is 1.12. The molecule has 0 bridgehead atoms. The highest BCUT2D eigenvalue weighted by Crippen LogP contribution is 2.47. The number of nitrogens with zero attached hydrogens (tertiary/aromatic N) is 3. The minimum absolute atomic E-state index is 0.618. The Kier molecular flexibility index (Phi) is 4.86. The second-order valence-electron chi connectivity index (χ2n) is 9.77. The summed E-state index contributed by atoms with van der Waals surface area (Å²) in [5.74, 6) is 0. The molecule has 2 aliphatic rings. The molecular weight excluding hydrogens is 503 g/mol. The molecule has 4 aromatic heterocycles. The van der Waals surface area contributed by atoms with Crippen molar-refractivity contribution in [2.45, 2.75) is 25.3 Å². The van der Waals surface area contributed by atoms with Crippen molar-refractivity contribution in [3.8, 4) is 0 Å². The van der Waals surface area contributed by atoms with E-state index in [1.54, 1.807) is 22.7 Å². The van der Waals surface area contributed by atoms with Crippen LogP contribution in [0.25, 0.3) is 16.2 Å². The lowest BCUT2D eigenvalue weighted by Crippen LogP contribution is -2.60. The fraction of sp³-hybridized carbons (Fsp3) is 0.143. The van der Waals surface area contributed by atoms with E-state index in [0.29, 0.717) is 5.57 Å². The molecule has 1 aromatic carbocycles. The number of hydrogen-bond acceptors (Lipinski definition) is 7. The van der Waals surface area contributed by atoms with Crippen LogP contribution in [0.5, 0.6) is 0 Å². The minimum atomic E-state index is -2.04. The minimum Gasteiger partial charge on any atom is -0.384 e. The summed E-state index contributed by atoms with van der Waals surface area (Å²) in [6, 6.07) is 18.5. The number of thiophene rings is 2. The van der Waals surface area contributed by atoms with Gasteiger partial charge in [0.1, 0.15) is 17.2 Å². The first kappa shape index (κ1) is 22.1. The average molecular weight is 526 g/mol. The summed E-state index contributed by atoms with van der Waals surface area (Å²) in [7, 11) is -2.04. The third-order valence-corrected chi connectivity index (χ3v) is 12.3. The zero-order valence-electron chi connectivity index (χ0n) is 19.7. The summed E-state index contributed by atoms with van der Waals surface area (Å²) in [6.45, 7) is 4.61. The van der Waals surface area contributed by atoms with Crippen LogP contribution in [0.3, 0.4) is 0 Å². The van der Waals surface area contributed by atoms with E-state index >= 15 is 0 Å². The Morgan fingerprint density at radius 1 is 0.889 bits per heavy atom. The van der Waals surface area contributed by atoms with Crippen molar-refractivity contribution in [1.29, 1.82) is 0 Å². The number of aliphatic hydroxyl groups is 2. The van der Waals surface area contributed by atoms with Crippen molar-refractivity contribution < 1.29 is 10.2 Å². The lowest BCUT2D eigenvalue weighted by Gasteiger charge is -2.38. The summed E-state index contributed by atoms with van der Waals surface area (Å²) in [5, 5.41) is 28.6. The number of aromatic nitrogens is 2. The van der Waals surface area contributed by atoms with Crippen molar-refractivity contribution in [1.82, 2.24) is 9.97 Å². The molecule has 0 saturated carbocycles. The molecule has 8 heteroatoms. The number of fused-ring (bicyclic) bond motifs is 4. The summed E-state index contributed by atoms with van der Waals surface area (Å²) in [4.78, 5) is 12.8. The highest BCUT2D eigenvalue weighted by atomic mass is 32.1. The molecule has 0 amide bonds. The molecule has 5 aromatic rings. The molecule has 2 atom stereocenters. The first-order chi connectivity index (χ1) is 17.4. The maximum absolute atomic E-state index is 11.1. The molecule has 1 aliphatic heterocycles. The quantitative estimate of drug-likeness (QED) is 0.297. The van der Waals surface area contributed by atoms with Gasteiger partial charge in [0.05, 0.1) is 22.0 Å². The van der Waals surface area contributed by atoms with Gasteiger partial charge in [-0.2, -0.15) is 0 Å². The number of rotatable bonds is 2. The lowest BCUT2D eigenvalue weighted by atomic mass is 10.1. The Hall–Kier alpha value is -3.14.